The first kappa shape index (κ1) is 22.9. The number of benzene rings is 4. The zero-order valence-corrected chi connectivity index (χ0v) is 19.6. The van der Waals surface area contributed by atoms with E-state index in [1.54, 1.807) is 36.4 Å². The normalized spacial score (nSPS) is 12.2. The fourth-order valence-electron chi connectivity index (χ4n) is 3.05. The molecule has 0 bridgehead atoms. The van der Waals surface area contributed by atoms with Crippen LogP contribution in [0.5, 0.6) is 5.75 Å². The Morgan fingerprint density at radius 1 is 0.485 bits per heavy atom. The number of hydrogen-bond acceptors (Lipinski definition) is 6. The van der Waals surface area contributed by atoms with Gasteiger partial charge in [-0.3, -0.25) is 4.52 Å². The SMILES string of the molecule is O=[P+](Oc1ccc(S(=O)(=O)c2ccccc2)cc1)c1ccc(S(=O)(=O)c2ccccc2)cc1. The van der Waals surface area contributed by atoms with E-state index in [-0.39, 0.29) is 25.3 Å². The summed E-state index contributed by atoms with van der Waals surface area (Å²) in [4.78, 5) is 0.516. The first-order valence-corrected chi connectivity index (χ1v) is 13.9. The molecule has 0 amide bonds. The molecule has 1 atom stereocenters. The number of sulfone groups is 2. The quantitative estimate of drug-likeness (QED) is 0.341. The minimum Gasteiger partial charge on any atom is -0.250 e. The van der Waals surface area contributed by atoms with Gasteiger partial charge in [-0.15, -0.1) is 0 Å². The Labute approximate surface area is 193 Å². The van der Waals surface area contributed by atoms with Crippen LogP contribution >= 0.6 is 8.03 Å². The smallest absolute Gasteiger partial charge is 0.250 e. The molecule has 0 radical (unpaired) electrons. The van der Waals surface area contributed by atoms with Crippen LogP contribution in [0.2, 0.25) is 0 Å². The van der Waals surface area contributed by atoms with E-state index in [1.165, 1.54) is 72.8 Å². The van der Waals surface area contributed by atoms with Crippen LogP contribution in [0.15, 0.2) is 129 Å². The summed E-state index contributed by atoms with van der Waals surface area (Å²) >= 11 is 0. The molecule has 4 aromatic rings. The molecule has 0 aliphatic heterocycles. The molecule has 4 rings (SSSR count). The molecule has 4 aromatic carbocycles. The summed E-state index contributed by atoms with van der Waals surface area (Å²) in [5, 5.41) is 0.304. The van der Waals surface area contributed by atoms with E-state index in [0.717, 1.165) is 0 Å². The maximum Gasteiger partial charge on any atom is 0.597 e. The predicted octanol–water partition coefficient (Wildman–Crippen LogP) is 4.80. The summed E-state index contributed by atoms with van der Waals surface area (Å²) in [5.41, 5.74) is 0. The third-order valence-electron chi connectivity index (χ3n) is 4.79. The van der Waals surface area contributed by atoms with Crippen LogP contribution in [0.25, 0.3) is 0 Å². The van der Waals surface area contributed by atoms with E-state index in [1.807, 2.05) is 0 Å². The van der Waals surface area contributed by atoms with Crippen molar-refractivity contribution >= 4 is 33.0 Å². The van der Waals surface area contributed by atoms with Gasteiger partial charge in [0.15, 0.2) is 5.75 Å². The molecular weight excluding hydrogens is 479 g/mol. The molecule has 0 N–H and O–H groups in total. The minimum atomic E-state index is -3.67. The molecule has 0 heterocycles. The lowest BCUT2D eigenvalue weighted by atomic mass is 10.3. The molecule has 0 aliphatic carbocycles. The monoisotopic (exact) mass is 497 g/mol. The molecule has 1 unspecified atom stereocenters. The van der Waals surface area contributed by atoms with Crippen molar-refractivity contribution in [2.45, 2.75) is 19.6 Å². The van der Waals surface area contributed by atoms with Gasteiger partial charge in [-0.2, -0.15) is 0 Å². The first-order chi connectivity index (χ1) is 15.8. The van der Waals surface area contributed by atoms with Gasteiger partial charge < -0.3 is 0 Å². The van der Waals surface area contributed by atoms with Gasteiger partial charge in [-0.1, -0.05) is 36.4 Å². The molecular formula is C24H18O6PS2+. The highest BCUT2D eigenvalue weighted by molar-refractivity contribution is 7.91. The van der Waals surface area contributed by atoms with Crippen LogP contribution in [0.1, 0.15) is 0 Å². The van der Waals surface area contributed by atoms with Crippen LogP contribution in [-0.4, -0.2) is 16.8 Å². The van der Waals surface area contributed by atoms with E-state index >= 15 is 0 Å². The van der Waals surface area contributed by atoms with Gasteiger partial charge in [0.05, 0.1) is 19.6 Å². The molecule has 0 spiro atoms. The van der Waals surface area contributed by atoms with E-state index in [0.29, 0.717) is 5.30 Å². The zero-order valence-electron chi connectivity index (χ0n) is 17.1. The maximum absolute atomic E-state index is 12.7. The van der Waals surface area contributed by atoms with E-state index in [4.69, 9.17) is 4.52 Å². The summed E-state index contributed by atoms with van der Waals surface area (Å²) in [7, 11) is -9.67. The Hall–Kier alpha value is -3.32. The van der Waals surface area contributed by atoms with Crippen molar-refractivity contribution in [3.63, 3.8) is 0 Å². The lowest BCUT2D eigenvalue weighted by molar-refractivity contribution is 0.514. The van der Waals surface area contributed by atoms with Gasteiger partial charge in [-0.05, 0) is 77.4 Å². The Balaban J connectivity index is 1.49. The third-order valence-corrected chi connectivity index (χ3v) is 9.45. The third kappa shape index (κ3) is 4.88. The molecule has 0 fully saturated rings. The van der Waals surface area contributed by atoms with Crippen LogP contribution in [-0.2, 0) is 24.2 Å². The highest BCUT2D eigenvalue weighted by Gasteiger charge is 2.26. The summed E-state index contributed by atoms with van der Waals surface area (Å²) < 4.78 is 68.7. The van der Waals surface area contributed by atoms with E-state index < -0.39 is 27.7 Å². The van der Waals surface area contributed by atoms with Crippen molar-refractivity contribution < 1.29 is 25.9 Å². The molecule has 33 heavy (non-hydrogen) atoms. The summed E-state index contributed by atoms with van der Waals surface area (Å²) in [5.74, 6) is 0.226. The fourth-order valence-corrected chi connectivity index (χ4v) is 6.42. The molecule has 0 aromatic heterocycles. The average Bonchev–Trinajstić information content (AvgIpc) is 2.85. The summed E-state index contributed by atoms with van der Waals surface area (Å²) in [6, 6.07) is 27.3. The fraction of sp³-hybridized carbons (Fsp3) is 0. The average molecular weight is 498 g/mol. The van der Waals surface area contributed by atoms with Crippen molar-refractivity contribution in [3.05, 3.63) is 109 Å². The maximum atomic E-state index is 12.7. The van der Waals surface area contributed by atoms with Crippen LogP contribution < -0.4 is 9.83 Å². The number of hydrogen-bond donors (Lipinski definition) is 0. The Morgan fingerprint density at radius 3 is 1.27 bits per heavy atom. The lowest BCUT2D eigenvalue weighted by Crippen LogP contribution is -2.05. The number of rotatable bonds is 7. The van der Waals surface area contributed by atoms with Crippen molar-refractivity contribution in [1.29, 1.82) is 0 Å². The largest absolute Gasteiger partial charge is 0.597 e. The molecule has 9 heteroatoms. The second-order valence-electron chi connectivity index (χ2n) is 6.95. The highest BCUT2D eigenvalue weighted by atomic mass is 32.2. The van der Waals surface area contributed by atoms with Gasteiger partial charge in [0.1, 0.15) is 0 Å². The van der Waals surface area contributed by atoms with Crippen LogP contribution in [0, 0.1) is 0 Å². The van der Waals surface area contributed by atoms with Gasteiger partial charge in [0.2, 0.25) is 25.0 Å². The topological polar surface area (TPSA) is 94.6 Å². The Kier molecular flexibility index (Phi) is 6.42. The van der Waals surface area contributed by atoms with Gasteiger partial charge in [0, 0.05) is 0 Å². The first-order valence-electron chi connectivity index (χ1n) is 9.74. The second-order valence-corrected chi connectivity index (χ2v) is 12.1. The minimum absolute atomic E-state index is 0.0799. The van der Waals surface area contributed by atoms with Gasteiger partial charge in [-0.25, -0.2) is 16.8 Å². The second kappa shape index (κ2) is 9.27. The molecule has 0 saturated carbocycles. The van der Waals surface area contributed by atoms with E-state index in [9.17, 15) is 21.4 Å². The van der Waals surface area contributed by atoms with Gasteiger partial charge in [0.25, 0.3) is 0 Å². The predicted molar refractivity (Wildman–Crippen MR) is 125 cm³/mol. The van der Waals surface area contributed by atoms with Crippen molar-refractivity contribution in [1.82, 2.24) is 0 Å². The highest BCUT2D eigenvalue weighted by Crippen LogP contribution is 2.29. The van der Waals surface area contributed by atoms with E-state index in [2.05, 4.69) is 0 Å². The standard InChI is InChI=1S/C24H18O6PS2/c25-31(20-13-17-24(18-14-20)33(28,29)22-9-5-2-6-10-22)30-19-11-15-23(16-12-19)32(26,27)21-7-3-1-4-8-21/h1-18H/q+1. The zero-order chi connectivity index (χ0) is 23.5. The van der Waals surface area contributed by atoms with Gasteiger partial charge >= 0.3 is 8.03 Å². The summed E-state index contributed by atoms with van der Waals surface area (Å²) in [6.07, 6.45) is 0. The molecule has 0 saturated heterocycles. The molecule has 166 valence electrons. The van der Waals surface area contributed by atoms with Crippen LogP contribution in [0.3, 0.4) is 0 Å². The Bertz CT molecular complexity index is 1480. The van der Waals surface area contributed by atoms with Crippen LogP contribution in [0.4, 0.5) is 0 Å². The lowest BCUT2D eigenvalue weighted by Gasteiger charge is -2.04. The molecule has 6 nitrogen and oxygen atoms in total. The Morgan fingerprint density at radius 2 is 0.848 bits per heavy atom. The summed E-state index contributed by atoms with van der Waals surface area (Å²) in [6.45, 7) is 0. The molecule has 0 aliphatic rings. The van der Waals surface area contributed by atoms with Crippen molar-refractivity contribution in [2.24, 2.45) is 0 Å². The van der Waals surface area contributed by atoms with Crippen molar-refractivity contribution in [3.8, 4) is 5.75 Å². The van der Waals surface area contributed by atoms with Crippen molar-refractivity contribution in [2.75, 3.05) is 0 Å².